The van der Waals surface area contributed by atoms with Crippen molar-refractivity contribution in [3.63, 3.8) is 0 Å². The minimum Gasteiger partial charge on any atom is -0.385 e. The van der Waals surface area contributed by atoms with E-state index in [1.165, 1.54) is 16.8 Å². The first-order valence-electron chi connectivity index (χ1n) is 5.72. The zero-order chi connectivity index (χ0) is 11.1. The maximum atomic E-state index is 3.76. The quantitative estimate of drug-likeness (QED) is 0.691. The summed E-state index contributed by atoms with van der Waals surface area (Å²) in [6.07, 6.45) is 5.29. The van der Waals surface area contributed by atoms with Gasteiger partial charge in [-0.3, -0.25) is 0 Å². The summed E-state index contributed by atoms with van der Waals surface area (Å²) in [6, 6.07) is 6.60. The van der Waals surface area contributed by atoms with E-state index in [0.717, 1.165) is 25.8 Å². The number of allylic oxidation sites excluding steroid dienone is 1. The number of nitrogens with one attached hydrogen (secondary N) is 1. The van der Waals surface area contributed by atoms with Crippen molar-refractivity contribution in [2.24, 2.45) is 0 Å². The largest absolute Gasteiger partial charge is 0.385 e. The summed E-state index contributed by atoms with van der Waals surface area (Å²) in [4.78, 5) is 0. The molecule has 0 saturated carbocycles. The van der Waals surface area contributed by atoms with E-state index >= 15 is 0 Å². The molecule has 1 aromatic carbocycles. The third-order valence-corrected chi connectivity index (χ3v) is 2.55. The Balaban J connectivity index is 2.70. The van der Waals surface area contributed by atoms with Crippen LogP contribution in [0.1, 0.15) is 30.9 Å². The molecule has 0 fully saturated rings. The van der Waals surface area contributed by atoms with Gasteiger partial charge in [-0.15, -0.1) is 6.58 Å². The molecule has 0 heterocycles. The fraction of sp³-hybridized carbons (Fsp3) is 0.429. The van der Waals surface area contributed by atoms with Crippen molar-refractivity contribution in [3.8, 4) is 0 Å². The number of anilines is 1. The first-order valence-corrected chi connectivity index (χ1v) is 5.72. The molecule has 0 amide bonds. The second-order valence-electron chi connectivity index (χ2n) is 3.90. The number of aryl methyl sites for hydroxylation is 2. The first kappa shape index (κ1) is 11.8. The lowest BCUT2D eigenvalue weighted by atomic mass is 10.0. The molecule has 0 aliphatic rings. The molecule has 0 aliphatic heterocycles. The summed E-state index contributed by atoms with van der Waals surface area (Å²) < 4.78 is 0. The third-order valence-electron chi connectivity index (χ3n) is 2.55. The highest BCUT2D eigenvalue weighted by Gasteiger charge is 1.99. The van der Waals surface area contributed by atoms with Crippen LogP contribution in [0.2, 0.25) is 0 Å². The van der Waals surface area contributed by atoms with Crippen molar-refractivity contribution >= 4 is 5.69 Å². The number of rotatable bonds is 6. The lowest BCUT2D eigenvalue weighted by Gasteiger charge is -2.09. The third kappa shape index (κ3) is 3.78. The van der Waals surface area contributed by atoms with Crippen molar-refractivity contribution < 1.29 is 0 Å². The van der Waals surface area contributed by atoms with Crippen LogP contribution in [-0.4, -0.2) is 6.54 Å². The SMILES string of the molecule is C=CCCc1cc(NCCC)ccc1C. The molecule has 0 bridgehead atoms. The van der Waals surface area contributed by atoms with Crippen LogP contribution in [0, 0.1) is 6.92 Å². The predicted molar refractivity (Wildman–Crippen MR) is 68.5 cm³/mol. The van der Waals surface area contributed by atoms with Gasteiger partial charge in [-0.2, -0.15) is 0 Å². The number of benzene rings is 1. The molecular formula is C14H21N. The Morgan fingerprint density at radius 2 is 2.20 bits per heavy atom. The van der Waals surface area contributed by atoms with Crippen LogP contribution >= 0.6 is 0 Å². The Morgan fingerprint density at radius 3 is 2.87 bits per heavy atom. The van der Waals surface area contributed by atoms with Gasteiger partial charge in [0.15, 0.2) is 0 Å². The highest BCUT2D eigenvalue weighted by atomic mass is 14.9. The molecule has 0 spiro atoms. The van der Waals surface area contributed by atoms with Gasteiger partial charge in [-0.25, -0.2) is 0 Å². The van der Waals surface area contributed by atoms with Gasteiger partial charge in [-0.05, 0) is 49.4 Å². The molecule has 0 atom stereocenters. The monoisotopic (exact) mass is 203 g/mol. The Bertz CT molecular complexity index is 315. The minimum atomic E-state index is 1.05. The van der Waals surface area contributed by atoms with Crippen molar-refractivity contribution in [2.45, 2.75) is 33.1 Å². The van der Waals surface area contributed by atoms with Gasteiger partial charge in [0.05, 0.1) is 0 Å². The molecule has 82 valence electrons. The average Bonchev–Trinajstić information content (AvgIpc) is 2.26. The maximum absolute atomic E-state index is 3.76. The van der Waals surface area contributed by atoms with E-state index in [1.807, 2.05) is 6.08 Å². The van der Waals surface area contributed by atoms with E-state index in [0.29, 0.717) is 0 Å². The number of hydrogen-bond acceptors (Lipinski definition) is 1. The van der Waals surface area contributed by atoms with Gasteiger partial charge < -0.3 is 5.32 Å². The zero-order valence-electron chi connectivity index (χ0n) is 9.84. The van der Waals surface area contributed by atoms with Gasteiger partial charge in [0, 0.05) is 12.2 Å². The van der Waals surface area contributed by atoms with Crippen LogP contribution in [-0.2, 0) is 6.42 Å². The van der Waals surface area contributed by atoms with E-state index in [4.69, 9.17) is 0 Å². The molecule has 0 aliphatic carbocycles. The molecule has 15 heavy (non-hydrogen) atoms. The van der Waals surface area contributed by atoms with Crippen LogP contribution in [0.25, 0.3) is 0 Å². The predicted octanol–water partition coefficient (Wildman–Crippen LogP) is 3.94. The van der Waals surface area contributed by atoms with Gasteiger partial charge in [0.25, 0.3) is 0 Å². The van der Waals surface area contributed by atoms with Crippen molar-refractivity contribution in [1.29, 1.82) is 0 Å². The van der Waals surface area contributed by atoms with E-state index in [-0.39, 0.29) is 0 Å². The van der Waals surface area contributed by atoms with Crippen molar-refractivity contribution in [1.82, 2.24) is 0 Å². The normalized spacial score (nSPS) is 10.0. The van der Waals surface area contributed by atoms with Gasteiger partial charge in [0.2, 0.25) is 0 Å². The minimum absolute atomic E-state index is 1.05. The Kier molecular flexibility index (Phi) is 4.96. The van der Waals surface area contributed by atoms with Crippen LogP contribution in [0.4, 0.5) is 5.69 Å². The van der Waals surface area contributed by atoms with E-state index in [1.54, 1.807) is 0 Å². The molecule has 1 rings (SSSR count). The van der Waals surface area contributed by atoms with Gasteiger partial charge in [0.1, 0.15) is 0 Å². The van der Waals surface area contributed by atoms with Crippen LogP contribution in [0.3, 0.4) is 0 Å². The molecule has 1 aromatic rings. The summed E-state index contributed by atoms with van der Waals surface area (Å²) in [6.45, 7) is 9.16. The van der Waals surface area contributed by atoms with Crippen molar-refractivity contribution in [3.05, 3.63) is 42.0 Å². The topological polar surface area (TPSA) is 12.0 Å². The lowest BCUT2D eigenvalue weighted by Crippen LogP contribution is -2.00. The Labute approximate surface area is 93.2 Å². The van der Waals surface area contributed by atoms with Crippen LogP contribution in [0.5, 0.6) is 0 Å². The molecule has 1 N–H and O–H groups in total. The molecular weight excluding hydrogens is 182 g/mol. The van der Waals surface area contributed by atoms with Gasteiger partial charge >= 0.3 is 0 Å². The number of hydrogen-bond donors (Lipinski definition) is 1. The smallest absolute Gasteiger partial charge is 0.0343 e. The summed E-state index contributed by atoms with van der Waals surface area (Å²) in [5.41, 5.74) is 4.04. The second-order valence-corrected chi connectivity index (χ2v) is 3.90. The van der Waals surface area contributed by atoms with Crippen LogP contribution < -0.4 is 5.32 Å². The van der Waals surface area contributed by atoms with Gasteiger partial charge in [-0.1, -0.05) is 19.1 Å². The summed E-state index contributed by atoms with van der Waals surface area (Å²) in [5.74, 6) is 0. The second kappa shape index (κ2) is 6.28. The fourth-order valence-electron chi connectivity index (χ4n) is 1.58. The highest BCUT2D eigenvalue weighted by Crippen LogP contribution is 2.17. The molecule has 0 radical (unpaired) electrons. The van der Waals surface area contributed by atoms with E-state index < -0.39 is 0 Å². The van der Waals surface area contributed by atoms with E-state index in [2.05, 4.69) is 43.9 Å². The summed E-state index contributed by atoms with van der Waals surface area (Å²) in [5, 5.41) is 3.41. The molecule has 0 aromatic heterocycles. The molecule has 0 unspecified atom stereocenters. The first-order chi connectivity index (χ1) is 7.27. The average molecular weight is 203 g/mol. The highest BCUT2D eigenvalue weighted by molar-refractivity contribution is 5.48. The Hall–Kier alpha value is -1.24. The van der Waals surface area contributed by atoms with Crippen LogP contribution in [0.15, 0.2) is 30.9 Å². The molecule has 0 saturated heterocycles. The molecule has 1 heteroatoms. The summed E-state index contributed by atoms with van der Waals surface area (Å²) in [7, 11) is 0. The standard InChI is InChI=1S/C14H21N/c1-4-6-7-13-11-14(15-10-5-2)9-8-12(13)3/h4,8-9,11,15H,1,5-7,10H2,2-3H3. The van der Waals surface area contributed by atoms with Crippen molar-refractivity contribution in [2.75, 3.05) is 11.9 Å². The van der Waals surface area contributed by atoms with E-state index in [9.17, 15) is 0 Å². The Morgan fingerprint density at radius 1 is 1.40 bits per heavy atom. The molecule has 1 nitrogen and oxygen atoms in total. The summed E-state index contributed by atoms with van der Waals surface area (Å²) >= 11 is 0. The lowest BCUT2D eigenvalue weighted by molar-refractivity contribution is 0.968. The fourth-order valence-corrected chi connectivity index (χ4v) is 1.58. The zero-order valence-corrected chi connectivity index (χ0v) is 9.84. The maximum Gasteiger partial charge on any atom is 0.0343 e.